The van der Waals surface area contributed by atoms with Gasteiger partial charge < -0.3 is 0 Å². The Hall–Kier alpha value is -0.787. The van der Waals surface area contributed by atoms with Crippen molar-refractivity contribution in [3.63, 3.8) is 0 Å². The monoisotopic (exact) mass is 388 g/mol. The Morgan fingerprint density at radius 1 is 0.500 bits per heavy atom. The molecule has 0 radical (unpaired) electrons. The molecule has 0 aliphatic rings. The van der Waals surface area contributed by atoms with Crippen molar-refractivity contribution in [2.75, 3.05) is 0 Å². The van der Waals surface area contributed by atoms with Gasteiger partial charge in [-0.2, -0.15) is 0 Å². The molecular weight excluding hydrogens is 385 g/mol. The van der Waals surface area contributed by atoms with E-state index in [0.29, 0.717) is 0 Å². The van der Waals surface area contributed by atoms with Gasteiger partial charge in [-0.25, -0.2) is 0 Å². The predicted octanol–water partition coefficient (Wildman–Crippen LogP) is -0.550. The summed E-state index contributed by atoms with van der Waals surface area (Å²) in [4.78, 5) is 0. The first-order chi connectivity index (χ1) is 5.97. The van der Waals surface area contributed by atoms with Gasteiger partial charge >= 0.3 is 123 Å². The van der Waals surface area contributed by atoms with E-state index < -0.39 is 12.6 Å². The molecule has 8 heteroatoms. The minimum absolute atomic E-state index is 0. The van der Waals surface area contributed by atoms with E-state index >= 15 is 0 Å². The molecular formula is C6HKN6Os. The minimum atomic E-state index is -6.75. The molecule has 0 N–H and O–H groups in total. The summed E-state index contributed by atoms with van der Waals surface area (Å²) < 4.78 is 6.47. The third-order valence-corrected chi connectivity index (χ3v) is 9.71. The van der Waals surface area contributed by atoms with Gasteiger partial charge in [0, 0.05) is 0 Å². The maximum atomic E-state index is 8.60. The third kappa shape index (κ3) is 1.37. The predicted molar refractivity (Wildman–Crippen MR) is 40.8 cm³/mol. The van der Waals surface area contributed by atoms with Crippen molar-refractivity contribution in [1.82, 2.24) is 0 Å². The number of hydrogen-bond acceptors (Lipinski definition) is 6. The van der Waals surface area contributed by atoms with Crippen LogP contribution in [-0.4, -0.2) is 51.4 Å². The van der Waals surface area contributed by atoms with Crippen molar-refractivity contribution < 1.29 is 12.6 Å². The van der Waals surface area contributed by atoms with E-state index in [0.717, 1.165) is 27.7 Å². The second-order valence-corrected chi connectivity index (χ2v) is 14.7. The van der Waals surface area contributed by atoms with Gasteiger partial charge in [0.25, 0.3) is 0 Å². The van der Waals surface area contributed by atoms with Crippen LogP contribution in [0, 0.1) is 59.3 Å². The molecule has 0 amide bonds. The fourth-order valence-corrected chi connectivity index (χ4v) is 2.17. The van der Waals surface area contributed by atoms with Crippen molar-refractivity contribution in [3.8, 4) is 27.7 Å². The molecule has 0 aromatic carbocycles. The molecule has 0 aliphatic carbocycles. The Morgan fingerprint density at radius 2 is 0.643 bits per heavy atom. The van der Waals surface area contributed by atoms with Crippen LogP contribution in [0.4, 0.5) is 0 Å². The van der Waals surface area contributed by atoms with Crippen LogP contribution in [-0.2, 0) is 12.6 Å². The van der Waals surface area contributed by atoms with Crippen molar-refractivity contribution in [3.05, 3.63) is 0 Å². The average molecular weight is 386 g/mol. The van der Waals surface area contributed by atoms with Gasteiger partial charge in [-0.3, -0.25) is 0 Å². The molecule has 6 nitrogen and oxygen atoms in total. The number of nitrogens with zero attached hydrogens (tertiary/aromatic N) is 6. The first-order valence-electron chi connectivity index (χ1n) is 2.40. The Labute approximate surface area is 121 Å². The van der Waals surface area contributed by atoms with E-state index in [4.69, 9.17) is 31.6 Å². The summed E-state index contributed by atoms with van der Waals surface area (Å²) in [6.45, 7) is 0. The van der Waals surface area contributed by atoms with Crippen LogP contribution < -0.4 is 0 Å². The number of nitriles is 6. The molecule has 0 spiro atoms. The van der Waals surface area contributed by atoms with E-state index in [2.05, 4.69) is 0 Å². The summed E-state index contributed by atoms with van der Waals surface area (Å²) in [5.74, 6) is 0. The number of rotatable bonds is 0. The molecule has 0 unspecified atom stereocenters. The van der Waals surface area contributed by atoms with Crippen molar-refractivity contribution in [2.45, 2.75) is 0 Å². The van der Waals surface area contributed by atoms with Crippen LogP contribution in [0.1, 0.15) is 0 Å². The molecule has 14 heavy (non-hydrogen) atoms. The molecule has 0 heterocycles. The molecule has 0 bridgehead atoms. The fraction of sp³-hybridized carbons (Fsp3) is 0. The van der Waals surface area contributed by atoms with E-state index in [1.54, 1.807) is 0 Å². The number of hydrogen-bond donors (Lipinski definition) is 0. The Kier molecular flexibility index (Phi) is 4.21. The Balaban J connectivity index is 0. The van der Waals surface area contributed by atoms with Gasteiger partial charge in [0.1, 0.15) is 0 Å². The summed E-state index contributed by atoms with van der Waals surface area (Å²) >= 11 is -6.75. The van der Waals surface area contributed by atoms with Crippen LogP contribution >= 0.6 is 0 Å². The maximum absolute atomic E-state index is 8.60. The topological polar surface area (TPSA) is 143 Å². The molecule has 0 atom stereocenters. The zero-order chi connectivity index (χ0) is 10.7. The third-order valence-electron chi connectivity index (χ3n) is 1.19. The van der Waals surface area contributed by atoms with E-state index in [9.17, 15) is 0 Å². The second kappa shape index (κ2) is 3.76. The zero-order valence-corrected chi connectivity index (χ0v) is 8.58. The quantitative estimate of drug-likeness (QED) is 0.511. The molecule has 0 saturated heterocycles. The average Bonchev–Trinajstić information content (AvgIpc) is 2.26. The van der Waals surface area contributed by atoms with Crippen LogP contribution in [0.5, 0.6) is 0 Å². The van der Waals surface area contributed by atoms with Crippen LogP contribution in [0.25, 0.3) is 0 Å². The summed E-state index contributed by atoms with van der Waals surface area (Å²) in [7, 11) is 0. The first-order valence-corrected chi connectivity index (χ1v) is 10.0. The van der Waals surface area contributed by atoms with E-state index in [-0.39, 0.29) is 51.4 Å². The first kappa shape index (κ1) is 15.7. The molecule has 0 rings (SSSR count). The van der Waals surface area contributed by atoms with Gasteiger partial charge in [-0.1, -0.05) is 0 Å². The molecule has 64 valence electrons. The van der Waals surface area contributed by atoms with Crippen molar-refractivity contribution in [2.24, 2.45) is 0 Å². The van der Waals surface area contributed by atoms with Gasteiger partial charge in [0.2, 0.25) is 0 Å². The van der Waals surface area contributed by atoms with E-state index in [1.807, 2.05) is 0 Å². The van der Waals surface area contributed by atoms with Gasteiger partial charge in [-0.05, 0) is 0 Å². The van der Waals surface area contributed by atoms with Gasteiger partial charge in [-0.15, -0.1) is 0 Å². The molecule has 0 fully saturated rings. The molecule has 0 aromatic rings. The van der Waals surface area contributed by atoms with Crippen LogP contribution in [0.15, 0.2) is 0 Å². The Morgan fingerprint density at radius 3 is 0.643 bits per heavy atom. The summed E-state index contributed by atoms with van der Waals surface area (Å²) in [5, 5.41) is 51.6. The van der Waals surface area contributed by atoms with Crippen molar-refractivity contribution >= 4 is 51.4 Å². The summed E-state index contributed by atoms with van der Waals surface area (Å²) in [5.41, 5.74) is 0. The molecule has 0 aliphatic heterocycles. The Bertz CT molecular complexity index is 392. The summed E-state index contributed by atoms with van der Waals surface area (Å²) in [6.07, 6.45) is 0. The normalized spacial score (nSPS) is 12.4. The van der Waals surface area contributed by atoms with Crippen molar-refractivity contribution in [1.29, 1.82) is 31.6 Å². The SMILES string of the molecule is N#[C][Os]([C]#N)([C]#N)([C]#N)([C]#N)[C]#N.[KH]. The molecule has 0 saturated carbocycles. The van der Waals surface area contributed by atoms with Gasteiger partial charge in [0.15, 0.2) is 0 Å². The van der Waals surface area contributed by atoms with Crippen LogP contribution in [0.2, 0.25) is 0 Å². The van der Waals surface area contributed by atoms with Crippen LogP contribution in [0.3, 0.4) is 0 Å². The molecule has 0 aromatic heterocycles. The van der Waals surface area contributed by atoms with Gasteiger partial charge in [0.05, 0.1) is 0 Å². The zero-order valence-electron chi connectivity index (χ0n) is 6.04. The van der Waals surface area contributed by atoms with E-state index in [1.165, 1.54) is 0 Å². The summed E-state index contributed by atoms with van der Waals surface area (Å²) in [6, 6.07) is 0. The fourth-order valence-electron chi connectivity index (χ4n) is 0.265. The standard InChI is InChI=1S/6CN.K.Os.H/c6*1-2;;;. The second-order valence-electron chi connectivity index (χ2n) is 1.80.